The van der Waals surface area contributed by atoms with Crippen LogP contribution in [0.5, 0.6) is 0 Å². The van der Waals surface area contributed by atoms with E-state index in [4.69, 9.17) is 0 Å². The van der Waals surface area contributed by atoms with Crippen molar-refractivity contribution >= 4 is 17.7 Å². The topological polar surface area (TPSA) is 51.0 Å². The maximum absolute atomic E-state index is 12.5. The first-order valence-corrected chi connectivity index (χ1v) is 10.2. The van der Waals surface area contributed by atoms with Crippen LogP contribution in [0, 0.1) is 0 Å². The Morgan fingerprint density at radius 1 is 1.07 bits per heavy atom. The van der Waals surface area contributed by atoms with Crippen LogP contribution in [0.2, 0.25) is 0 Å². The van der Waals surface area contributed by atoms with Crippen LogP contribution < -0.4 is 0 Å². The summed E-state index contributed by atoms with van der Waals surface area (Å²) in [5, 5.41) is 8.59. The van der Waals surface area contributed by atoms with E-state index in [1.807, 2.05) is 64.3 Å². The first kappa shape index (κ1) is 17.8. The number of carbonyl (C=O) groups excluding carboxylic acids is 1. The average molecular weight is 379 g/mol. The van der Waals surface area contributed by atoms with Gasteiger partial charge in [0.05, 0.1) is 12.2 Å². The molecule has 1 aliphatic rings. The lowest BCUT2D eigenvalue weighted by molar-refractivity contribution is -0.129. The third-order valence-electron chi connectivity index (χ3n) is 4.80. The third kappa shape index (κ3) is 4.39. The molecule has 6 heteroatoms. The Kier molecular flexibility index (Phi) is 5.53. The molecule has 3 aromatic rings. The zero-order valence-electron chi connectivity index (χ0n) is 15.1. The molecule has 0 radical (unpaired) electrons. The second-order valence-corrected chi connectivity index (χ2v) is 7.81. The number of amides is 1. The molecule has 0 saturated carbocycles. The van der Waals surface area contributed by atoms with Crippen LogP contribution >= 0.6 is 11.8 Å². The van der Waals surface area contributed by atoms with Gasteiger partial charge in [-0.1, -0.05) is 53.7 Å². The molecule has 5 nitrogen and oxygen atoms in total. The largest absolute Gasteiger partial charge is 0.340 e. The number of likely N-dealkylation sites (tertiary alicyclic amines) is 1. The average Bonchev–Trinajstić information content (AvgIpc) is 3.39. The molecule has 0 aliphatic carbocycles. The van der Waals surface area contributed by atoms with Gasteiger partial charge >= 0.3 is 0 Å². The van der Waals surface area contributed by atoms with Crippen molar-refractivity contribution in [3.63, 3.8) is 0 Å². The number of hydrogen-bond donors (Lipinski definition) is 0. The molecule has 1 fully saturated rings. The number of aromatic nitrogens is 3. The van der Waals surface area contributed by atoms with Gasteiger partial charge in [0.15, 0.2) is 0 Å². The molecule has 0 bridgehead atoms. The Balaban J connectivity index is 1.29. The fourth-order valence-electron chi connectivity index (χ4n) is 3.31. The monoisotopic (exact) mass is 378 g/mol. The van der Waals surface area contributed by atoms with Crippen molar-refractivity contribution in [3.8, 4) is 11.3 Å². The maximum atomic E-state index is 12.5. The van der Waals surface area contributed by atoms with Crippen molar-refractivity contribution in [1.82, 2.24) is 19.9 Å². The van der Waals surface area contributed by atoms with Crippen LogP contribution in [0.25, 0.3) is 11.3 Å². The summed E-state index contributed by atoms with van der Waals surface area (Å²) in [5.41, 5.74) is 1.94. The first-order valence-electron chi connectivity index (χ1n) is 9.22. The molecule has 1 amide bonds. The van der Waals surface area contributed by atoms with Gasteiger partial charge in [-0.2, -0.15) is 0 Å². The highest BCUT2D eigenvalue weighted by molar-refractivity contribution is 7.99. The summed E-state index contributed by atoms with van der Waals surface area (Å²) in [6.45, 7) is 1.51. The van der Waals surface area contributed by atoms with E-state index in [-0.39, 0.29) is 11.9 Å². The van der Waals surface area contributed by atoms with Crippen LogP contribution in [-0.4, -0.2) is 44.6 Å². The highest BCUT2D eigenvalue weighted by Crippen LogP contribution is 2.25. The summed E-state index contributed by atoms with van der Waals surface area (Å²) >= 11 is 1.73. The summed E-state index contributed by atoms with van der Waals surface area (Å²) < 4.78 is 1.91. The standard InChI is InChI=1S/C21H22N4OS/c26-21(12-14-27-19-9-5-2-6-10-19)24-13-11-18(15-24)25-16-20(22-23-25)17-7-3-1-4-8-17/h1-10,16,18H,11-15H2/t18-/m0/s1. The highest BCUT2D eigenvalue weighted by atomic mass is 32.2. The van der Waals surface area contributed by atoms with E-state index in [1.54, 1.807) is 11.8 Å². The molecule has 4 rings (SSSR count). The second kappa shape index (κ2) is 8.39. The van der Waals surface area contributed by atoms with Gasteiger partial charge in [-0.05, 0) is 18.6 Å². The van der Waals surface area contributed by atoms with Gasteiger partial charge in [0.25, 0.3) is 0 Å². The lowest BCUT2D eigenvalue weighted by Gasteiger charge is -2.16. The second-order valence-electron chi connectivity index (χ2n) is 6.64. The minimum Gasteiger partial charge on any atom is -0.340 e. The van der Waals surface area contributed by atoms with Crippen molar-refractivity contribution in [1.29, 1.82) is 0 Å². The smallest absolute Gasteiger partial charge is 0.223 e. The fraction of sp³-hybridized carbons (Fsp3) is 0.286. The van der Waals surface area contributed by atoms with E-state index >= 15 is 0 Å². The molecular formula is C21H22N4OS. The molecule has 2 aromatic carbocycles. The molecule has 0 unspecified atom stereocenters. The van der Waals surface area contributed by atoms with Crippen LogP contribution in [0.3, 0.4) is 0 Å². The van der Waals surface area contributed by atoms with E-state index in [0.717, 1.165) is 30.0 Å². The number of thioether (sulfide) groups is 1. The molecule has 1 aromatic heterocycles. The van der Waals surface area contributed by atoms with E-state index in [0.29, 0.717) is 13.0 Å². The van der Waals surface area contributed by atoms with Crippen LogP contribution in [-0.2, 0) is 4.79 Å². The molecule has 1 aliphatic heterocycles. The Morgan fingerprint density at radius 2 is 1.81 bits per heavy atom. The number of rotatable bonds is 6. The zero-order valence-corrected chi connectivity index (χ0v) is 15.9. The summed E-state index contributed by atoms with van der Waals surface area (Å²) in [6, 6.07) is 20.5. The Morgan fingerprint density at radius 3 is 2.59 bits per heavy atom. The van der Waals surface area contributed by atoms with E-state index in [1.165, 1.54) is 4.90 Å². The Hall–Kier alpha value is -2.60. The van der Waals surface area contributed by atoms with Gasteiger partial charge in [-0.25, -0.2) is 4.68 Å². The van der Waals surface area contributed by atoms with Gasteiger partial charge in [0, 0.05) is 35.7 Å². The summed E-state index contributed by atoms with van der Waals surface area (Å²) in [5.74, 6) is 1.04. The minimum absolute atomic E-state index is 0.209. The van der Waals surface area contributed by atoms with Gasteiger partial charge in [0.1, 0.15) is 5.69 Å². The van der Waals surface area contributed by atoms with Crippen molar-refractivity contribution < 1.29 is 4.79 Å². The number of benzene rings is 2. The SMILES string of the molecule is O=C(CCSc1ccccc1)N1CC[C@H](n2cc(-c3ccccc3)nn2)C1. The number of nitrogens with zero attached hydrogens (tertiary/aromatic N) is 4. The molecule has 138 valence electrons. The Labute approximate surface area is 163 Å². The predicted molar refractivity (Wildman–Crippen MR) is 107 cm³/mol. The molecule has 0 spiro atoms. The van der Waals surface area contributed by atoms with Crippen molar-refractivity contribution in [2.24, 2.45) is 0 Å². The molecule has 0 N–H and O–H groups in total. The van der Waals surface area contributed by atoms with Crippen LogP contribution in [0.4, 0.5) is 0 Å². The van der Waals surface area contributed by atoms with Gasteiger partial charge in [0.2, 0.25) is 5.91 Å². The first-order chi connectivity index (χ1) is 13.3. The zero-order chi connectivity index (χ0) is 18.5. The summed E-state index contributed by atoms with van der Waals surface area (Å²) in [6.07, 6.45) is 3.48. The van der Waals surface area contributed by atoms with Crippen LogP contribution in [0.1, 0.15) is 18.9 Å². The van der Waals surface area contributed by atoms with E-state index in [9.17, 15) is 4.79 Å². The van der Waals surface area contributed by atoms with E-state index < -0.39 is 0 Å². The normalized spacial score (nSPS) is 16.6. The number of carbonyl (C=O) groups is 1. The van der Waals surface area contributed by atoms with Gasteiger partial charge in [-0.15, -0.1) is 16.9 Å². The van der Waals surface area contributed by atoms with Gasteiger partial charge < -0.3 is 4.90 Å². The summed E-state index contributed by atoms with van der Waals surface area (Å²) in [4.78, 5) is 15.7. The van der Waals surface area contributed by atoms with Gasteiger partial charge in [-0.3, -0.25) is 4.79 Å². The Bertz CT molecular complexity index is 881. The minimum atomic E-state index is 0.209. The third-order valence-corrected chi connectivity index (χ3v) is 5.81. The molecular weight excluding hydrogens is 356 g/mol. The highest BCUT2D eigenvalue weighted by Gasteiger charge is 2.28. The lowest BCUT2D eigenvalue weighted by Crippen LogP contribution is -2.29. The number of hydrogen-bond acceptors (Lipinski definition) is 4. The fourth-order valence-corrected chi connectivity index (χ4v) is 4.17. The maximum Gasteiger partial charge on any atom is 0.223 e. The molecule has 27 heavy (non-hydrogen) atoms. The van der Waals surface area contributed by atoms with E-state index in [2.05, 4.69) is 22.4 Å². The van der Waals surface area contributed by atoms with Crippen LogP contribution in [0.15, 0.2) is 71.8 Å². The van der Waals surface area contributed by atoms with Crippen molar-refractivity contribution in [3.05, 3.63) is 66.9 Å². The summed E-state index contributed by atoms with van der Waals surface area (Å²) in [7, 11) is 0. The lowest BCUT2D eigenvalue weighted by atomic mass is 10.2. The predicted octanol–water partition coefficient (Wildman–Crippen LogP) is 3.90. The quantitative estimate of drug-likeness (QED) is 0.611. The van der Waals surface area contributed by atoms with Crippen molar-refractivity contribution in [2.75, 3.05) is 18.8 Å². The van der Waals surface area contributed by atoms with Crippen molar-refractivity contribution in [2.45, 2.75) is 23.8 Å². The molecule has 1 atom stereocenters. The molecule has 1 saturated heterocycles. The molecule has 2 heterocycles.